The Hall–Kier alpha value is -1.65. The largest absolute Gasteiger partial charge is 0.383 e. The molecule has 0 unspecified atom stereocenters. The average Bonchev–Trinajstić information content (AvgIpc) is 2.75. The van der Waals surface area contributed by atoms with E-state index < -0.39 is 0 Å². The van der Waals surface area contributed by atoms with Crippen LogP contribution in [0.15, 0.2) is 12.5 Å². The Morgan fingerprint density at radius 3 is 2.81 bits per heavy atom. The van der Waals surface area contributed by atoms with Gasteiger partial charge >= 0.3 is 0 Å². The number of nitrogen functional groups attached to an aromatic ring is 1. The summed E-state index contributed by atoms with van der Waals surface area (Å²) in [6.07, 6.45) is 9.59. The van der Waals surface area contributed by atoms with Crippen LogP contribution in [0.1, 0.15) is 38.1 Å². The first-order chi connectivity index (χ1) is 7.86. The zero-order valence-corrected chi connectivity index (χ0v) is 9.13. The van der Waals surface area contributed by atoms with E-state index in [-0.39, 0.29) is 0 Å². The Morgan fingerprint density at radius 1 is 1.19 bits per heavy atom. The molecular weight excluding hydrogens is 202 g/mol. The van der Waals surface area contributed by atoms with E-state index in [2.05, 4.69) is 15.1 Å². The molecule has 2 aromatic heterocycles. The molecule has 84 valence electrons. The molecule has 0 amide bonds. The quantitative estimate of drug-likeness (QED) is 0.792. The van der Waals surface area contributed by atoms with Gasteiger partial charge in [0.15, 0.2) is 5.65 Å². The monoisotopic (exact) mass is 217 g/mol. The van der Waals surface area contributed by atoms with Crippen LogP contribution >= 0.6 is 0 Å². The van der Waals surface area contributed by atoms with Crippen molar-refractivity contribution in [1.29, 1.82) is 0 Å². The highest BCUT2D eigenvalue weighted by Crippen LogP contribution is 2.30. The molecule has 0 saturated heterocycles. The molecule has 2 heterocycles. The highest BCUT2D eigenvalue weighted by Gasteiger charge is 2.19. The number of hydrogen-bond donors (Lipinski definition) is 1. The summed E-state index contributed by atoms with van der Waals surface area (Å²) in [7, 11) is 0. The van der Waals surface area contributed by atoms with Crippen LogP contribution in [-0.2, 0) is 0 Å². The molecule has 1 aliphatic rings. The molecule has 5 nitrogen and oxygen atoms in total. The van der Waals surface area contributed by atoms with Crippen LogP contribution in [0.2, 0.25) is 0 Å². The number of hydrogen-bond acceptors (Lipinski definition) is 4. The molecule has 2 N–H and O–H groups in total. The Labute approximate surface area is 93.7 Å². The van der Waals surface area contributed by atoms with Crippen LogP contribution in [0.4, 0.5) is 5.82 Å². The second-order valence-corrected chi connectivity index (χ2v) is 4.38. The lowest BCUT2D eigenvalue weighted by Gasteiger charge is -2.22. The first-order valence-electron chi connectivity index (χ1n) is 5.80. The van der Waals surface area contributed by atoms with Crippen molar-refractivity contribution in [3.63, 3.8) is 0 Å². The minimum Gasteiger partial charge on any atom is -0.383 e. The number of nitrogens with zero attached hydrogens (tertiary/aromatic N) is 4. The summed E-state index contributed by atoms with van der Waals surface area (Å²) >= 11 is 0. The van der Waals surface area contributed by atoms with Crippen molar-refractivity contribution in [3.8, 4) is 0 Å². The Bertz CT molecular complexity index is 498. The number of rotatable bonds is 1. The summed E-state index contributed by atoms with van der Waals surface area (Å²) in [5.74, 6) is 0.520. The van der Waals surface area contributed by atoms with Gasteiger partial charge in [-0.2, -0.15) is 5.10 Å². The maximum atomic E-state index is 5.79. The van der Waals surface area contributed by atoms with Gasteiger partial charge in [0.05, 0.1) is 17.6 Å². The molecule has 1 fully saturated rings. The summed E-state index contributed by atoms with van der Waals surface area (Å²) < 4.78 is 2.02. The van der Waals surface area contributed by atoms with E-state index in [1.54, 1.807) is 6.20 Å². The lowest BCUT2D eigenvalue weighted by Crippen LogP contribution is -2.14. The normalized spacial score (nSPS) is 18.0. The number of nitrogens with two attached hydrogens (primary N) is 1. The van der Waals surface area contributed by atoms with Crippen LogP contribution in [0.3, 0.4) is 0 Å². The van der Waals surface area contributed by atoms with E-state index in [0.29, 0.717) is 11.9 Å². The maximum Gasteiger partial charge on any atom is 0.163 e. The molecule has 16 heavy (non-hydrogen) atoms. The van der Waals surface area contributed by atoms with Crippen LogP contribution in [0.25, 0.3) is 11.0 Å². The third-order valence-electron chi connectivity index (χ3n) is 3.34. The molecule has 0 radical (unpaired) electrons. The van der Waals surface area contributed by atoms with Crippen molar-refractivity contribution < 1.29 is 0 Å². The fraction of sp³-hybridized carbons (Fsp3) is 0.545. The molecule has 2 aromatic rings. The van der Waals surface area contributed by atoms with Gasteiger partial charge in [0.25, 0.3) is 0 Å². The molecule has 0 aliphatic heterocycles. The van der Waals surface area contributed by atoms with Crippen molar-refractivity contribution in [2.45, 2.75) is 38.1 Å². The van der Waals surface area contributed by atoms with Crippen LogP contribution in [0, 0.1) is 0 Å². The highest BCUT2D eigenvalue weighted by atomic mass is 15.3. The molecule has 0 atom stereocenters. The third-order valence-corrected chi connectivity index (χ3v) is 3.34. The van der Waals surface area contributed by atoms with Crippen molar-refractivity contribution in [2.24, 2.45) is 0 Å². The molecular formula is C11H15N5. The lowest BCUT2D eigenvalue weighted by atomic mass is 9.96. The zero-order chi connectivity index (χ0) is 11.0. The molecule has 5 heteroatoms. The van der Waals surface area contributed by atoms with Gasteiger partial charge in [-0.3, -0.25) is 0 Å². The molecule has 3 rings (SSSR count). The minimum absolute atomic E-state index is 0.487. The second kappa shape index (κ2) is 3.73. The number of aromatic nitrogens is 4. The lowest BCUT2D eigenvalue weighted by molar-refractivity contribution is 0.336. The summed E-state index contributed by atoms with van der Waals surface area (Å²) in [5.41, 5.74) is 6.67. The molecule has 1 saturated carbocycles. The first kappa shape index (κ1) is 9.57. The third kappa shape index (κ3) is 1.43. The summed E-state index contributed by atoms with van der Waals surface area (Å²) in [5, 5.41) is 5.28. The van der Waals surface area contributed by atoms with Crippen molar-refractivity contribution >= 4 is 16.9 Å². The fourth-order valence-corrected chi connectivity index (χ4v) is 2.47. The minimum atomic E-state index is 0.487. The van der Waals surface area contributed by atoms with Gasteiger partial charge in [0.1, 0.15) is 12.1 Å². The number of fused-ring (bicyclic) bond motifs is 1. The molecule has 0 bridgehead atoms. The summed E-state index contributed by atoms with van der Waals surface area (Å²) in [6, 6.07) is 0.487. The van der Waals surface area contributed by atoms with E-state index >= 15 is 0 Å². The highest BCUT2D eigenvalue weighted by molar-refractivity contribution is 5.84. The van der Waals surface area contributed by atoms with Gasteiger partial charge in [-0.1, -0.05) is 19.3 Å². The van der Waals surface area contributed by atoms with Crippen LogP contribution in [-0.4, -0.2) is 19.7 Å². The number of anilines is 1. The SMILES string of the molecule is Nc1ncnc2c1cnn2C1CCCCC1. The van der Waals surface area contributed by atoms with Crippen molar-refractivity contribution in [3.05, 3.63) is 12.5 Å². The van der Waals surface area contributed by atoms with E-state index in [9.17, 15) is 0 Å². The first-order valence-corrected chi connectivity index (χ1v) is 5.80. The molecule has 1 aliphatic carbocycles. The standard InChI is InChI=1S/C11H15N5/c12-10-9-6-15-16(11(9)14-7-13-10)8-4-2-1-3-5-8/h6-8H,1-5H2,(H2,12,13,14). The molecule has 0 spiro atoms. The summed E-state index contributed by atoms with van der Waals surface area (Å²) in [4.78, 5) is 8.27. The van der Waals surface area contributed by atoms with E-state index in [1.807, 2.05) is 4.68 Å². The smallest absolute Gasteiger partial charge is 0.163 e. The van der Waals surface area contributed by atoms with Crippen molar-refractivity contribution in [1.82, 2.24) is 19.7 Å². The maximum absolute atomic E-state index is 5.79. The van der Waals surface area contributed by atoms with Crippen LogP contribution < -0.4 is 5.73 Å². The van der Waals surface area contributed by atoms with Gasteiger partial charge in [-0.25, -0.2) is 14.6 Å². The predicted molar refractivity (Wildman–Crippen MR) is 61.9 cm³/mol. The summed E-state index contributed by atoms with van der Waals surface area (Å²) in [6.45, 7) is 0. The van der Waals surface area contributed by atoms with Crippen molar-refractivity contribution in [2.75, 3.05) is 5.73 Å². The van der Waals surface area contributed by atoms with Gasteiger partial charge in [-0.15, -0.1) is 0 Å². The van der Waals surface area contributed by atoms with Gasteiger partial charge in [-0.05, 0) is 12.8 Å². The zero-order valence-electron chi connectivity index (χ0n) is 9.13. The second-order valence-electron chi connectivity index (χ2n) is 4.38. The predicted octanol–water partition coefficient (Wildman–Crippen LogP) is 1.91. The van der Waals surface area contributed by atoms with Gasteiger partial charge < -0.3 is 5.73 Å². The van der Waals surface area contributed by atoms with Crippen LogP contribution in [0.5, 0.6) is 0 Å². The average molecular weight is 217 g/mol. The fourth-order valence-electron chi connectivity index (χ4n) is 2.47. The van der Waals surface area contributed by atoms with E-state index in [4.69, 9.17) is 5.73 Å². The van der Waals surface area contributed by atoms with E-state index in [0.717, 1.165) is 11.0 Å². The van der Waals surface area contributed by atoms with Gasteiger partial charge in [0.2, 0.25) is 0 Å². The van der Waals surface area contributed by atoms with E-state index in [1.165, 1.54) is 38.4 Å². The topological polar surface area (TPSA) is 69.6 Å². The molecule has 0 aromatic carbocycles. The Kier molecular flexibility index (Phi) is 2.23. The van der Waals surface area contributed by atoms with Gasteiger partial charge in [0, 0.05) is 0 Å². The Morgan fingerprint density at radius 2 is 2.00 bits per heavy atom. The Balaban J connectivity index is 2.06.